The molecule has 4 aromatic carbocycles. The molecule has 0 spiro atoms. The Morgan fingerprint density at radius 1 is 0.811 bits per heavy atom. The second-order valence-electron chi connectivity index (χ2n) is 8.77. The molecule has 0 saturated heterocycles. The Morgan fingerprint density at radius 2 is 1.41 bits per heavy atom. The van der Waals surface area contributed by atoms with E-state index in [4.69, 9.17) is 16.3 Å². The highest BCUT2D eigenvalue weighted by atomic mass is 35.5. The van der Waals surface area contributed by atoms with Crippen molar-refractivity contribution in [1.82, 2.24) is 10.2 Å². The van der Waals surface area contributed by atoms with Crippen LogP contribution in [0.3, 0.4) is 0 Å². The zero-order chi connectivity index (χ0) is 26.0. The smallest absolute Gasteiger partial charge is 0.261 e. The van der Waals surface area contributed by atoms with E-state index in [0.29, 0.717) is 22.9 Å². The number of halogens is 1. The van der Waals surface area contributed by atoms with Gasteiger partial charge in [0.25, 0.3) is 5.91 Å². The molecule has 0 aliphatic heterocycles. The molecule has 2 amide bonds. The number of rotatable bonds is 10. The molecule has 4 aromatic rings. The molecule has 0 heterocycles. The SMILES string of the molecule is Cc1ccc(CNC(=O)[C@H](c2ccccc2)N(Cc2ccc(Cl)cc2)C(=O)COc2ccccc2)cc1. The minimum absolute atomic E-state index is 0.202. The lowest BCUT2D eigenvalue weighted by atomic mass is 10.0. The number of hydrogen-bond acceptors (Lipinski definition) is 3. The average Bonchev–Trinajstić information content (AvgIpc) is 2.93. The molecule has 0 fully saturated rings. The van der Waals surface area contributed by atoms with Gasteiger partial charge >= 0.3 is 0 Å². The van der Waals surface area contributed by atoms with Crippen LogP contribution in [0.25, 0.3) is 0 Å². The van der Waals surface area contributed by atoms with Gasteiger partial charge in [-0.3, -0.25) is 9.59 Å². The number of aryl methyl sites for hydroxylation is 1. The monoisotopic (exact) mass is 512 g/mol. The molecule has 1 atom stereocenters. The maximum atomic E-state index is 13.7. The van der Waals surface area contributed by atoms with Crippen LogP contribution in [0, 0.1) is 6.92 Å². The van der Waals surface area contributed by atoms with Crippen LogP contribution in [0.2, 0.25) is 5.02 Å². The first-order valence-corrected chi connectivity index (χ1v) is 12.5. The predicted molar refractivity (Wildman–Crippen MR) is 146 cm³/mol. The van der Waals surface area contributed by atoms with E-state index < -0.39 is 6.04 Å². The Morgan fingerprint density at radius 3 is 2.05 bits per heavy atom. The zero-order valence-corrected chi connectivity index (χ0v) is 21.4. The summed E-state index contributed by atoms with van der Waals surface area (Å²) in [7, 11) is 0. The third kappa shape index (κ3) is 7.45. The average molecular weight is 513 g/mol. The topological polar surface area (TPSA) is 58.6 Å². The van der Waals surface area contributed by atoms with Gasteiger partial charge in [-0.1, -0.05) is 102 Å². The van der Waals surface area contributed by atoms with Crippen LogP contribution < -0.4 is 10.1 Å². The second kappa shape index (κ2) is 12.7. The highest BCUT2D eigenvalue weighted by Crippen LogP contribution is 2.25. The third-order valence-corrected chi connectivity index (χ3v) is 6.21. The molecule has 0 aromatic heterocycles. The number of carbonyl (C=O) groups is 2. The van der Waals surface area contributed by atoms with E-state index in [1.54, 1.807) is 29.2 Å². The fourth-order valence-electron chi connectivity index (χ4n) is 3.95. The van der Waals surface area contributed by atoms with Crippen LogP contribution in [-0.4, -0.2) is 23.3 Å². The van der Waals surface area contributed by atoms with E-state index in [0.717, 1.165) is 16.7 Å². The first-order valence-electron chi connectivity index (χ1n) is 12.1. The van der Waals surface area contributed by atoms with Gasteiger partial charge in [0.2, 0.25) is 5.91 Å². The Balaban J connectivity index is 1.62. The Bertz CT molecular complexity index is 1290. The van der Waals surface area contributed by atoms with Gasteiger partial charge in [-0.05, 0) is 47.9 Å². The fraction of sp³-hybridized carbons (Fsp3) is 0.161. The Hall–Kier alpha value is -4.09. The minimum Gasteiger partial charge on any atom is -0.484 e. The molecule has 188 valence electrons. The number of nitrogens with zero attached hydrogens (tertiary/aromatic N) is 1. The van der Waals surface area contributed by atoms with Crippen molar-refractivity contribution in [3.63, 3.8) is 0 Å². The van der Waals surface area contributed by atoms with Gasteiger partial charge in [-0.15, -0.1) is 0 Å². The number of nitrogens with one attached hydrogen (secondary N) is 1. The van der Waals surface area contributed by atoms with E-state index in [1.165, 1.54) is 0 Å². The summed E-state index contributed by atoms with van der Waals surface area (Å²) in [6.45, 7) is 2.38. The molecule has 37 heavy (non-hydrogen) atoms. The van der Waals surface area contributed by atoms with Crippen LogP contribution in [-0.2, 0) is 22.7 Å². The molecule has 0 radical (unpaired) electrons. The molecule has 1 N–H and O–H groups in total. The highest BCUT2D eigenvalue weighted by molar-refractivity contribution is 6.30. The number of amides is 2. The molecular weight excluding hydrogens is 484 g/mol. The van der Waals surface area contributed by atoms with E-state index in [-0.39, 0.29) is 25.0 Å². The number of ether oxygens (including phenoxy) is 1. The van der Waals surface area contributed by atoms with Crippen LogP contribution >= 0.6 is 11.6 Å². The predicted octanol–water partition coefficient (Wildman–Crippen LogP) is 6.11. The van der Waals surface area contributed by atoms with Crippen molar-refractivity contribution in [1.29, 1.82) is 0 Å². The number of para-hydroxylation sites is 1. The second-order valence-corrected chi connectivity index (χ2v) is 9.20. The molecule has 5 nitrogen and oxygen atoms in total. The van der Waals surface area contributed by atoms with E-state index in [1.807, 2.05) is 91.9 Å². The molecular formula is C31H29ClN2O3. The summed E-state index contributed by atoms with van der Waals surface area (Å²) < 4.78 is 5.77. The summed E-state index contributed by atoms with van der Waals surface area (Å²) in [6.07, 6.45) is 0. The van der Waals surface area contributed by atoms with E-state index >= 15 is 0 Å². The van der Waals surface area contributed by atoms with Gasteiger partial charge < -0.3 is 15.0 Å². The van der Waals surface area contributed by atoms with Crippen LogP contribution in [0.15, 0.2) is 109 Å². The normalized spacial score (nSPS) is 11.4. The van der Waals surface area contributed by atoms with Crippen molar-refractivity contribution in [2.45, 2.75) is 26.1 Å². The maximum Gasteiger partial charge on any atom is 0.261 e. The lowest BCUT2D eigenvalue weighted by Crippen LogP contribution is -2.45. The van der Waals surface area contributed by atoms with E-state index in [9.17, 15) is 9.59 Å². The first-order chi connectivity index (χ1) is 18.0. The number of hydrogen-bond donors (Lipinski definition) is 1. The van der Waals surface area contributed by atoms with Crippen LogP contribution in [0.4, 0.5) is 0 Å². The highest BCUT2D eigenvalue weighted by Gasteiger charge is 2.31. The summed E-state index contributed by atoms with van der Waals surface area (Å²) in [4.78, 5) is 28.9. The summed E-state index contributed by atoms with van der Waals surface area (Å²) in [5, 5.41) is 3.63. The summed E-state index contributed by atoms with van der Waals surface area (Å²) in [6, 6.07) is 32.9. The molecule has 0 unspecified atom stereocenters. The number of benzene rings is 4. The van der Waals surface area contributed by atoms with Crippen LogP contribution in [0.1, 0.15) is 28.3 Å². The van der Waals surface area contributed by atoms with Gasteiger partial charge in [0, 0.05) is 18.1 Å². The molecule has 0 saturated carbocycles. The van der Waals surface area contributed by atoms with Crippen molar-refractivity contribution in [2.75, 3.05) is 6.61 Å². The van der Waals surface area contributed by atoms with Crippen molar-refractivity contribution in [3.05, 3.63) is 136 Å². The minimum atomic E-state index is -0.853. The number of carbonyl (C=O) groups excluding carboxylic acids is 2. The van der Waals surface area contributed by atoms with Gasteiger partial charge in [0.05, 0.1) is 0 Å². The lowest BCUT2D eigenvalue weighted by Gasteiger charge is -2.31. The van der Waals surface area contributed by atoms with Crippen molar-refractivity contribution in [2.24, 2.45) is 0 Å². The van der Waals surface area contributed by atoms with Crippen molar-refractivity contribution in [3.8, 4) is 5.75 Å². The molecule has 6 heteroatoms. The van der Waals surface area contributed by atoms with E-state index in [2.05, 4.69) is 5.32 Å². The van der Waals surface area contributed by atoms with Crippen LogP contribution in [0.5, 0.6) is 5.75 Å². The zero-order valence-electron chi connectivity index (χ0n) is 20.6. The quantitative estimate of drug-likeness (QED) is 0.279. The van der Waals surface area contributed by atoms with Gasteiger partial charge in [-0.25, -0.2) is 0 Å². The van der Waals surface area contributed by atoms with Gasteiger partial charge in [0.1, 0.15) is 11.8 Å². The lowest BCUT2D eigenvalue weighted by molar-refractivity contribution is -0.143. The Kier molecular flexibility index (Phi) is 8.95. The van der Waals surface area contributed by atoms with Crippen molar-refractivity contribution < 1.29 is 14.3 Å². The summed E-state index contributed by atoms with van der Waals surface area (Å²) in [5.74, 6) is 0.00863. The molecule has 0 aliphatic carbocycles. The molecule has 0 bridgehead atoms. The van der Waals surface area contributed by atoms with Crippen molar-refractivity contribution >= 4 is 23.4 Å². The summed E-state index contributed by atoms with van der Waals surface area (Å²) in [5.41, 5.74) is 3.69. The third-order valence-electron chi connectivity index (χ3n) is 5.95. The fourth-order valence-corrected chi connectivity index (χ4v) is 4.08. The molecule has 0 aliphatic rings. The van der Waals surface area contributed by atoms with Gasteiger partial charge in [-0.2, -0.15) is 0 Å². The maximum absolute atomic E-state index is 13.7. The summed E-state index contributed by atoms with van der Waals surface area (Å²) >= 11 is 6.08. The van der Waals surface area contributed by atoms with Gasteiger partial charge in [0.15, 0.2) is 6.61 Å². The first kappa shape index (κ1) is 26.0. The standard InChI is InChI=1S/C31H29ClN2O3/c1-23-12-14-24(15-13-23)20-33-31(36)30(26-8-4-2-5-9-26)34(21-25-16-18-27(32)19-17-25)29(35)22-37-28-10-6-3-7-11-28/h2-19,30H,20-22H2,1H3,(H,33,36)/t30-/m0/s1. The largest absolute Gasteiger partial charge is 0.484 e. The molecule has 4 rings (SSSR count). The Labute approximate surface area is 222 Å².